The van der Waals surface area contributed by atoms with Crippen LogP contribution in [0.5, 0.6) is 17.2 Å². The molecule has 2 rings (SSSR count). The van der Waals surface area contributed by atoms with E-state index in [2.05, 4.69) is 10.4 Å². The summed E-state index contributed by atoms with van der Waals surface area (Å²) in [6.07, 6.45) is 2.17. The normalized spacial score (nSPS) is 11.7. The van der Waals surface area contributed by atoms with E-state index in [1.807, 2.05) is 26.1 Å². The summed E-state index contributed by atoms with van der Waals surface area (Å²) in [5, 5.41) is 7.18. The fraction of sp³-hybridized carbons (Fsp3) is 0.412. The van der Waals surface area contributed by atoms with Gasteiger partial charge in [-0.2, -0.15) is 5.10 Å². The van der Waals surface area contributed by atoms with Gasteiger partial charge in [-0.3, -0.25) is 9.48 Å². The average Bonchev–Trinajstić information content (AvgIpc) is 3.00. The number of aryl methyl sites for hydroxylation is 1. The zero-order valence-corrected chi connectivity index (χ0v) is 14.6. The van der Waals surface area contributed by atoms with Crippen LogP contribution in [-0.2, 0) is 4.79 Å². The highest BCUT2D eigenvalue weighted by molar-refractivity contribution is 5.91. The van der Waals surface area contributed by atoms with E-state index in [0.717, 1.165) is 5.69 Å². The summed E-state index contributed by atoms with van der Waals surface area (Å²) in [5.41, 5.74) is 1.50. The Labute approximate surface area is 141 Å². The predicted octanol–water partition coefficient (Wildman–Crippen LogP) is 2.81. The molecule has 0 aliphatic rings. The second kappa shape index (κ2) is 7.72. The Hall–Kier alpha value is -2.70. The van der Waals surface area contributed by atoms with E-state index in [1.54, 1.807) is 16.8 Å². The molecule has 0 saturated heterocycles. The van der Waals surface area contributed by atoms with Crippen molar-refractivity contribution in [3.63, 3.8) is 0 Å². The van der Waals surface area contributed by atoms with Crippen molar-refractivity contribution in [3.05, 3.63) is 30.1 Å². The maximum absolute atomic E-state index is 12.3. The van der Waals surface area contributed by atoms with E-state index < -0.39 is 0 Å². The molecule has 24 heavy (non-hydrogen) atoms. The van der Waals surface area contributed by atoms with Gasteiger partial charge in [0.05, 0.1) is 33.1 Å². The van der Waals surface area contributed by atoms with Crippen molar-refractivity contribution in [1.82, 2.24) is 9.78 Å². The fourth-order valence-corrected chi connectivity index (χ4v) is 2.41. The number of hydrogen-bond donors (Lipinski definition) is 1. The van der Waals surface area contributed by atoms with Crippen molar-refractivity contribution in [1.29, 1.82) is 0 Å². The summed E-state index contributed by atoms with van der Waals surface area (Å²) < 4.78 is 17.6. The van der Waals surface area contributed by atoms with Crippen LogP contribution in [0.25, 0.3) is 0 Å². The third kappa shape index (κ3) is 3.98. The highest BCUT2D eigenvalue weighted by atomic mass is 16.5. The van der Waals surface area contributed by atoms with Gasteiger partial charge in [-0.15, -0.1) is 0 Å². The Bertz CT molecular complexity index is 687. The van der Waals surface area contributed by atoms with Crippen molar-refractivity contribution in [2.75, 3.05) is 26.6 Å². The van der Waals surface area contributed by atoms with Crippen molar-refractivity contribution >= 4 is 11.6 Å². The van der Waals surface area contributed by atoms with Crippen LogP contribution in [0.15, 0.2) is 24.4 Å². The molecule has 2 aromatic rings. The number of methoxy groups -OCH3 is 3. The number of amides is 1. The smallest absolute Gasteiger partial charge is 0.226 e. The zero-order chi connectivity index (χ0) is 17.7. The molecule has 7 heteroatoms. The van der Waals surface area contributed by atoms with Gasteiger partial charge in [0, 0.05) is 30.4 Å². The van der Waals surface area contributed by atoms with Crippen LogP contribution >= 0.6 is 0 Å². The Morgan fingerprint density at radius 2 is 1.83 bits per heavy atom. The second-order valence-corrected chi connectivity index (χ2v) is 5.45. The monoisotopic (exact) mass is 333 g/mol. The lowest BCUT2D eigenvalue weighted by Crippen LogP contribution is -2.18. The Balaban J connectivity index is 2.11. The number of rotatable bonds is 7. The molecule has 0 spiro atoms. The lowest BCUT2D eigenvalue weighted by molar-refractivity contribution is -0.116. The summed E-state index contributed by atoms with van der Waals surface area (Å²) in [5.74, 6) is 1.34. The molecule has 1 aromatic heterocycles. The second-order valence-electron chi connectivity index (χ2n) is 5.45. The number of benzene rings is 1. The van der Waals surface area contributed by atoms with Gasteiger partial charge in [0.2, 0.25) is 11.7 Å². The summed E-state index contributed by atoms with van der Waals surface area (Å²) >= 11 is 0. The van der Waals surface area contributed by atoms with Crippen LogP contribution in [0.3, 0.4) is 0 Å². The zero-order valence-electron chi connectivity index (χ0n) is 14.6. The van der Waals surface area contributed by atoms with Gasteiger partial charge >= 0.3 is 0 Å². The Morgan fingerprint density at radius 1 is 1.21 bits per heavy atom. The SMILES string of the molecule is COc1cc(NC(=O)CC(C)n2ccc(C)n2)cc(OC)c1OC. The van der Waals surface area contributed by atoms with Crippen LogP contribution < -0.4 is 19.5 Å². The molecule has 1 N–H and O–H groups in total. The van der Waals surface area contributed by atoms with E-state index in [0.29, 0.717) is 29.4 Å². The number of anilines is 1. The Kier molecular flexibility index (Phi) is 5.68. The topological polar surface area (TPSA) is 74.6 Å². The molecular weight excluding hydrogens is 310 g/mol. The van der Waals surface area contributed by atoms with Gasteiger partial charge in [-0.1, -0.05) is 0 Å². The van der Waals surface area contributed by atoms with Crippen LogP contribution in [0.1, 0.15) is 25.1 Å². The van der Waals surface area contributed by atoms with E-state index >= 15 is 0 Å². The molecule has 0 aliphatic carbocycles. The van der Waals surface area contributed by atoms with E-state index in [4.69, 9.17) is 14.2 Å². The van der Waals surface area contributed by atoms with Crippen molar-refractivity contribution in [2.24, 2.45) is 0 Å². The van der Waals surface area contributed by atoms with Crippen molar-refractivity contribution < 1.29 is 19.0 Å². The van der Waals surface area contributed by atoms with Gasteiger partial charge in [0.15, 0.2) is 11.5 Å². The molecule has 1 atom stereocenters. The molecule has 1 amide bonds. The summed E-state index contributed by atoms with van der Waals surface area (Å²) in [6, 6.07) is 5.26. The van der Waals surface area contributed by atoms with Gasteiger partial charge < -0.3 is 19.5 Å². The van der Waals surface area contributed by atoms with Crippen molar-refractivity contribution in [3.8, 4) is 17.2 Å². The molecule has 130 valence electrons. The Morgan fingerprint density at radius 3 is 2.29 bits per heavy atom. The number of ether oxygens (including phenoxy) is 3. The lowest BCUT2D eigenvalue weighted by atomic mass is 10.2. The van der Waals surface area contributed by atoms with Crippen LogP contribution in [0.2, 0.25) is 0 Å². The minimum absolute atomic E-state index is 0.0410. The number of aromatic nitrogens is 2. The molecule has 1 heterocycles. The fourth-order valence-electron chi connectivity index (χ4n) is 2.41. The molecule has 0 saturated carbocycles. The minimum Gasteiger partial charge on any atom is -0.493 e. The van der Waals surface area contributed by atoms with Gasteiger partial charge in [0.25, 0.3) is 0 Å². The third-order valence-electron chi connectivity index (χ3n) is 3.62. The highest BCUT2D eigenvalue weighted by Crippen LogP contribution is 2.39. The molecule has 7 nitrogen and oxygen atoms in total. The number of hydrogen-bond acceptors (Lipinski definition) is 5. The van der Waals surface area contributed by atoms with Gasteiger partial charge in [-0.25, -0.2) is 0 Å². The molecular formula is C17H23N3O4. The highest BCUT2D eigenvalue weighted by Gasteiger charge is 2.16. The van der Waals surface area contributed by atoms with Crippen LogP contribution in [-0.4, -0.2) is 37.0 Å². The first-order valence-corrected chi connectivity index (χ1v) is 7.60. The molecule has 0 fully saturated rings. The van der Waals surface area contributed by atoms with E-state index in [9.17, 15) is 4.79 Å². The molecule has 1 aromatic carbocycles. The summed E-state index contributed by atoms with van der Waals surface area (Å²) in [4.78, 5) is 12.3. The largest absolute Gasteiger partial charge is 0.493 e. The maximum atomic E-state index is 12.3. The number of nitrogens with one attached hydrogen (secondary N) is 1. The van der Waals surface area contributed by atoms with E-state index in [1.165, 1.54) is 21.3 Å². The lowest BCUT2D eigenvalue weighted by Gasteiger charge is -2.16. The number of carbonyl (C=O) groups is 1. The molecule has 0 bridgehead atoms. The number of carbonyl (C=O) groups excluding carboxylic acids is 1. The van der Waals surface area contributed by atoms with E-state index in [-0.39, 0.29) is 11.9 Å². The van der Waals surface area contributed by atoms with Crippen molar-refractivity contribution in [2.45, 2.75) is 26.3 Å². The predicted molar refractivity (Wildman–Crippen MR) is 91.0 cm³/mol. The molecule has 0 radical (unpaired) electrons. The van der Waals surface area contributed by atoms with Crippen LogP contribution in [0.4, 0.5) is 5.69 Å². The number of nitrogens with zero attached hydrogens (tertiary/aromatic N) is 2. The average molecular weight is 333 g/mol. The minimum atomic E-state index is -0.120. The summed E-state index contributed by atoms with van der Waals surface area (Å²) in [7, 11) is 4.60. The summed E-state index contributed by atoms with van der Waals surface area (Å²) in [6.45, 7) is 3.86. The maximum Gasteiger partial charge on any atom is 0.226 e. The first-order chi connectivity index (χ1) is 11.5. The standard InChI is InChI=1S/C17H23N3O4/c1-11-6-7-20(19-11)12(2)8-16(21)18-13-9-14(22-3)17(24-5)15(10-13)23-4/h6-7,9-10,12H,8H2,1-5H3,(H,18,21). The quantitative estimate of drug-likeness (QED) is 0.843. The first-order valence-electron chi connectivity index (χ1n) is 7.60. The van der Waals surface area contributed by atoms with Crippen LogP contribution in [0, 0.1) is 6.92 Å². The molecule has 0 aliphatic heterocycles. The first kappa shape index (κ1) is 17.7. The van der Waals surface area contributed by atoms with Gasteiger partial charge in [-0.05, 0) is 19.9 Å². The third-order valence-corrected chi connectivity index (χ3v) is 3.62. The van der Waals surface area contributed by atoms with Gasteiger partial charge in [0.1, 0.15) is 0 Å². The molecule has 1 unspecified atom stereocenters.